The molecule has 0 saturated carbocycles. The summed E-state index contributed by atoms with van der Waals surface area (Å²) in [5, 5.41) is 8.87. The number of aliphatic carboxylic acids is 1. The molecule has 2 rings (SSSR count). The van der Waals surface area contributed by atoms with Gasteiger partial charge in [-0.05, 0) is 24.6 Å². The Morgan fingerprint density at radius 1 is 1.37 bits per heavy atom. The summed E-state index contributed by atoms with van der Waals surface area (Å²) in [5.74, 6) is -2.25. The normalized spacial score (nSPS) is 18.0. The molecular formula is C12H12BrClFNO3. The first-order chi connectivity index (χ1) is 8.47. The van der Waals surface area contributed by atoms with Gasteiger partial charge in [0.05, 0.1) is 5.92 Å². The van der Waals surface area contributed by atoms with Gasteiger partial charge in [-0.3, -0.25) is 9.59 Å². The van der Waals surface area contributed by atoms with Gasteiger partial charge in [-0.1, -0.05) is 15.9 Å². The van der Waals surface area contributed by atoms with E-state index in [1.807, 2.05) is 0 Å². The van der Waals surface area contributed by atoms with Crippen LogP contribution in [-0.4, -0.2) is 35.0 Å². The lowest BCUT2D eigenvalue weighted by atomic mass is 10.1. The lowest BCUT2D eigenvalue weighted by Gasteiger charge is -2.16. The number of hydrogen-bond donors (Lipinski definition) is 1. The first-order valence-corrected chi connectivity index (χ1v) is 6.25. The molecule has 104 valence electrons. The topological polar surface area (TPSA) is 57.6 Å². The molecule has 1 amide bonds. The number of carbonyl (C=O) groups excluding carboxylic acids is 1. The van der Waals surface area contributed by atoms with Crippen LogP contribution in [0.5, 0.6) is 0 Å². The zero-order valence-corrected chi connectivity index (χ0v) is 12.2. The summed E-state index contributed by atoms with van der Waals surface area (Å²) >= 11 is 3.12. The van der Waals surface area contributed by atoms with Crippen LogP contribution in [0.1, 0.15) is 16.8 Å². The van der Waals surface area contributed by atoms with Crippen LogP contribution >= 0.6 is 28.3 Å². The van der Waals surface area contributed by atoms with Crippen LogP contribution in [0, 0.1) is 11.7 Å². The van der Waals surface area contributed by atoms with E-state index in [-0.39, 0.29) is 30.4 Å². The molecule has 0 spiro atoms. The first-order valence-electron chi connectivity index (χ1n) is 5.45. The van der Waals surface area contributed by atoms with E-state index in [1.54, 1.807) is 0 Å². The number of hydrogen-bond acceptors (Lipinski definition) is 2. The third-order valence-electron chi connectivity index (χ3n) is 2.93. The Bertz CT molecular complexity index is 491. The van der Waals surface area contributed by atoms with Crippen LogP contribution in [-0.2, 0) is 4.79 Å². The average Bonchev–Trinajstić information content (AvgIpc) is 2.75. The number of halogens is 3. The maximum absolute atomic E-state index is 13.2. The molecule has 1 aliphatic heterocycles. The van der Waals surface area contributed by atoms with Crippen LogP contribution in [0.2, 0.25) is 0 Å². The minimum Gasteiger partial charge on any atom is -0.481 e. The minimum absolute atomic E-state index is 0. The predicted molar refractivity (Wildman–Crippen MR) is 73.0 cm³/mol. The molecule has 19 heavy (non-hydrogen) atoms. The number of rotatable bonds is 2. The Morgan fingerprint density at radius 3 is 2.58 bits per heavy atom. The highest BCUT2D eigenvalue weighted by Gasteiger charge is 2.31. The summed E-state index contributed by atoms with van der Waals surface area (Å²) < 4.78 is 13.7. The van der Waals surface area contributed by atoms with E-state index in [9.17, 15) is 14.0 Å². The maximum Gasteiger partial charge on any atom is 0.308 e. The van der Waals surface area contributed by atoms with Crippen molar-refractivity contribution in [1.82, 2.24) is 4.90 Å². The second-order valence-corrected chi connectivity index (χ2v) is 5.15. The largest absolute Gasteiger partial charge is 0.481 e. The first kappa shape index (κ1) is 15.9. The molecule has 1 aromatic carbocycles. The lowest BCUT2D eigenvalue weighted by Crippen LogP contribution is -2.30. The van der Waals surface area contributed by atoms with E-state index in [4.69, 9.17) is 5.11 Å². The van der Waals surface area contributed by atoms with Gasteiger partial charge in [-0.25, -0.2) is 4.39 Å². The fourth-order valence-electron chi connectivity index (χ4n) is 2.01. The molecule has 1 fully saturated rings. The number of carbonyl (C=O) groups is 2. The predicted octanol–water partition coefficient (Wildman–Crippen LogP) is 2.56. The zero-order valence-electron chi connectivity index (χ0n) is 9.81. The minimum atomic E-state index is -0.897. The van der Waals surface area contributed by atoms with Crippen LogP contribution in [0.3, 0.4) is 0 Å². The fourth-order valence-corrected chi connectivity index (χ4v) is 2.47. The van der Waals surface area contributed by atoms with Crippen LogP contribution in [0.25, 0.3) is 0 Å². The van der Waals surface area contributed by atoms with E-state index < -0.39 is 17.7 Å². The number of amides is 1. The van der Waals surface area contributed by atoms with Crippen LogP contribution in [0.15, 0.2) is 22.7 Å². The van der Waals surface area contributed by atoms with Gasteiger partial charge >= 0.3 is 5.97 Å². The molecule has 1 aromatic rings. The van der Waals surface area contributed by atoms with E-state index in [0.717, 1.165) is 6.07 Å². The Morgan fingerprint density at radius 2 is 2.05 bits per heavy atom. The summed E-state index contributed by atoms with van der Waals surface area (Å²) in [6.45, 7) is 0.576. The van der Waals surface area contributed by atoms with Gasteiger partial charge in [0.1, 0.15) is 5.82 Å². The molecule has 1 saturated heterocycles. The molecule has 1 unspecified atom stereocenters. The summed E-state index contributed by atoms with van der Waals surface area (Å²) in [6, 6.07) is 3.95. The molecule has 1 N–H and O–H groups in total. The maximum atomic E-state index is 13.2. The fraction of sp³-hybridized carbons (Fsp3) is 0.333. The van der Waals surface area contributed by atoms with Gasteiger partial charge in [-0.2, -0.15) is 0 Å². The molecule has 4 nitrogen and oxygen atoms in total. The second-order valence-electron chi connectivity index (χ2n) is 4.23. The van der Waals surface area contributed by atoms with E-state index in [1.165, 1.54) is 17.0 Å². The SMILES string of the molecule is Cl.O=C(O)C1CCN(C(=O)c2cc(F)cc(Br)c2)C1. The van der Waals surface area contributed by atoms with Crippen molar-refractivity contribution in [3.63, 3.8) is 0 Å². The molecule has 0 radical (unpaired) electrons. The molecule has 1 heterocycles. The van der Waals surface area contributed by atoms with Gasteiger partial charge in [0.15, 0.2) is 0 Å². The monoisotopic (exact) mass is 351 g/mol. The van der Waals surface area contributed by atoms with E-state index in [0.29, 0.717) is 17.4 Å². The van der Waals surface area contributed by atoms with E-state index in [2.05, 4.69) is 15.9 Å². The second kappa shape index (κ2) is 6.34. The van der Waals surface area contributed by atoms with Crippen molar-refractivity contribution >= 4 is 40.2 Å². The summed E-state index contributed by atoms with van der Waals surface area (Å²) in [6.07, 6.45) is 0.442. The Hall–Kier alpha value is -1.14. The Kier molecular flexibility index (Phi) is 5.31. The average molecular weight is 353 g/mol. The molecule has 0 bridgehead atoms. The highest BCUT2D eigenvalue weighted by atomic mass is 79.9. The van der Waals surface area contributed by atoms with Crippen molar-refractivity contribution < 1.29 is 19.1 Å². The molecule has 1 atom stereocenters. The smallest absolute Gasteiger partial charge is 0.308 e. The highest BCUT2D eigenvalue weighted by Crippen LogP contribution is 2.21. The number of benzene rings is 1. The molecule has 1 aliphatic rings. The summed E-state index contributed by atoms with van der Waals surface area (Å²) in [7, 11) is 0. The van der Waals surface area contributed by atoms with Gasteiger partial charge in [0.25, 0.3) is 5.91 Å². The zero-order chi connectivity index (χ0) is 13.3. The number of carboxylic acids is 1. The molecular weight excluding hydrogens is 340 g/mol. The van der Waals surface area contributed by atoms with Gasteiger partial charge < -0.3 is 10.0 Å². The third-order valence-corrected chi connectivity index (χ3v) is 3.39. The van der Waals surface area contributed by atoms with Crippen LogP contribution < -0.4 is 0 Å². The Balaban J connectivity index is 0.00000180. The lowest BCUT2D eigenvalue weighted by molar-refractivity contribution is -0.141. The summed E-state index contributed by atoms with van der Waals surface area (Å²) in [4.78, 5) is 24.3. The van der Waals surface area contributed by atoms with Gasteiger partial charge in [-0.15, -0.1) is 12.4 Å². The van der Waals surface area contributed by atoms with Gasteiger partial charge in [0.2, 0.25) is 0 Å². The van der Waals surface area contributed by atoms with Crippen molar-refractivity contribution in [2.24, 2.45) is 5.92 Å². The van der Waals surface area contributed by atoms with Gasteiger partial charge in [0, 0.05) is 23.1 Å². The molecule has 0 aromatic heterocycles. The van der Waals surface area contributed by atoms with Crippen molar-refractivity contribution in [2.45, 2.75) is 6.42 Å². The van der Waals surface area contributed by atoms with Crippen molar-refractivity contribution in [3.05, 3.63) is 34.1 Å². The number of carboxylic acid groups (broad SMARTS) is 1. The number of nitrogens with zero attached hydrogens (tertiary/aromatic N) is 1. The summed E-state index contributed by atoms with van der Waals surface area (Å²) in [5.41, 5.74) is 0.230. The number of likely N-dealkylation sites (tertiary alicyclic amines) is 1. The standard InChI is InChI=1S/C12H11BrFNO3.ClH/c13-9-3-8(4-10(14)5-9)11(16)15-2-1-7(6-15)12(17)18;/h3-5,7H,1-2,6H2,(H,17,18);1H. The molecule has 7 heteroatoms. The third kappa shape index (κ3) is 3.67. The highest BCUT2D eigenvalue weighted by molar-refractivity contribution is 9.10. The molecule has 0 aliphatic carbocycles. The van der Waals surface area contributed by atoms with E-state index >= 15 is 0 Å². The van der Waals surface area contributed by atoms with Crippen molar-refractivity contribution in [1.29, 1.82) is 0 Å². The Labute approximate surface area is 124 Å². The quantitative estimate of drug-likeness (QED) is 0.890. The van der Waals surface area contributed by atoms with Crippen LogP contribution in [0.4, 0.5) is 4.39 Å². The van der Waals surface area contributed by atoms with Crippen molar-refractivity contribution in [3.8, 4) is 0 Å². The van der Waals surface area contributed by atoms with Crippen molar-refractivity contribution in [2.75, 3.05) is 13.1 Å².